The third-order valence-electron chi connectivity index (χ3n) is 1.98. The molecule has 0 aliphatic rings. The summed E-state index contributed by atoms with van der Waals surface area (Å²) in [5.41, 5.74) is 0.595. The lowest BCUT2D eigenvalue weighted by Gasteiger charge is -2.11. The Morgan fingerprint density at radius 1 is 1.60 bits per heavy atom. The minimum absolute atomic E-state index is 0.595. The van der Waals surface area contributed by atoms with Crippen LogP contribution >= 0.6 is 11.8 Å². The Morgan fingerprint density at radius 3 is 2.93 bits per heavy atom. The van der Waals surface area contributed by atoms with Gasteiger partial charge in [0.1, 0.15) is 11.9 Å². The molecule has 3 nitrogen and oxygen atoms in total. The van der Waals surface area contributed by atoms with Crippen LogP contribution in [0.4, 0.5) is 5.82 Å². The van der Waals surface area contributed by atoms with Crippen LogP contribution in [0.5, 0.6) is 0 Å². The van der Waals surface area contributed by atoms with E-state index in [1.807, 2.05) is 23.9 Å². The monoisotopic (exact) mass is 221 g/mol. The van der Waals surface area contributed by atoms with Crippen LogP contribution < -0.4 is 5.32 Å². The van der Waals surface area contributed by atoms with Gasteiger partial charge in [0, 0.05) is 12.7 Å². The van der Waals surface area contributed by atoms with Crippen molar-refractivity contribution in [3.05, 3.63) is 23.9 Å². The van der Waals surface area contributed by atoms with Gasteiger partial charge in [0.15, 0.2) is 0 Å². The van der Waals surface area contributed by atoms with Crippen molar-refractivity contribution in [2.75, 3.05) is 23.9 Å². The molecule has 0 radical (unpaired) electrons. The highest BCUT2D eigenvalue weighted by atomic mass is 32.2. The summed E-state index contributed by atoms with van der Waals surface area (Å²) in [6.45, 7) is 3.12. The molecule has 0 aliphatic carbocycles. The second kappa shape index (κ2) is 6.31. The van der Waals surface area contributed by atoms with Crippen molar-refractivity contribution in [1.82, 2.24) is 4.98 Å². The minimum atomic E-state index is 0.595. The number of hydrogen-bond acceptors (Lipinski definition) is 4. The Labute approximate surface area is 94.9 Å². The van der Waals surface area contributed by atoms with E-state index in [0.717, 1.165) is 18.1 Å². The summed E-state index contributed by atoms with van der Waals surface area (Å²) in [6.07, 6.45) is 3.69. The highest BCUT2D eigenvalue weighted by Gasteiger charge is 2.01. The SMILES string of the molecule is CSCC(C)CNc1ccc(C#N)cn1. The molecule has 1 heterocycles. The van der Waals surface area contributed by atoms with Crippen molar-refractivity contribution in [1.29, 1.82) is 5.26 Å². The maximum Gasteiger partial charge on any atom is 0.125 e. The zero-order valence-electron chi connectivity index (χ0n) is 9.03. The summed E-state index contributed by atoms with van der Waals surface area (Å²) < 4.78 is 0. The molecular weight excluding hydrogens is 206 g/mol. The molecule has 1 unspecified atom stereocenters. The van der Waals surface area contributed by atoms with E-state index < -0.39 is 0 Å². The normalized spacial score (nSPS) is 11.8. The Bertz CT molecular complexity index is 329. The van der Waals surface area contributed by atoms with E-state index in [4.69, 9.17) is 5.26 Å². The number of pyridine rings is 1. The first-order chi connectivity index (χ1) is 7.26. The van der Waals surface area contributed by atoms with Crippen molar-refractivity contribution in [2.45, 2.75) is 6.92 Å². The first-order valence-corrected chi connectivity index (χ1v) is 6.24. The fourth-order valence-corrected chi connectivity index (χ4v) is 1.87. The summed E-state index contributed by atoms with van der Waals surface area (Å²) >= 11 is 1.85. The zero-order valence-corrected chi connectivity index (χ0v) is 9.84. The van der Waals surface area contributed by atoms with E-state index in [-0.39, 0.29) is 0 Å². The number of nitrogens with one attached hydrogen (secondary N) is 1. The lowest BCUT2D eigenvalue weighted by Crippen LogP contribution is -2.13. The average molecular weight is 221 g/mol. The lowest BCUT2D eigenvalue weighted by molar-refractivity contribution is 0.699. The van der Waals surface area contributed by atoms with Crippen molar-refractivity contribution in [3.8, 4) is 6.07 Å². The predicted molar refractivity (Wildman–Crippen MR) is 65.0 cm³/mol. The maximum absolute atomic E-state index is 8.60. The van der Waals surface area contributed by atoms with Crippen molar-refractivity contribution < 1.29 is 0 Å². The number of anilines is 1. The van der Waals surface area contributed by atoms with Crippen LogP contribution in [-0.2, 0) is 0 Å². The van der Waals surface area contributed by atoms with E-state index in [0.29, 0.717) is 11.5 Å². The van der Waals surface area contributed by atoms with Gasteiger partial charge < -0.3 is 5.32 Å². The highest BCUT2D eigenvalue weighted by molar-refractivity contribution is 7.98. The Hall–Kier alpha value is -1.21. The molecule has 1 aromatic rings. The van der Waals surface area contributed by atoms with Gasteiger partial charge in [-0.1, -0.05) is 6.92 Å². The van der Waals surface area contributed by atoms with Gasteiger partial charge in [0.05, 0.1) is 5.56 Å². The van der Waals surface area contributed by atoms with Gasteiger partial charge in [-0.25, -0.2) is 4.98 Å². The molecule has 0 amide bonds. The Balaban J connectivity index is 2.41. The van der Waals surface area contributed by atoms with Crippen molar-refractivity contribution in [3.63, 3.8) is 0 Å². The lowest BCUT2D eigenvalue weighted by atomic mass is 10.2. The van der Waals surface area contributed by atoms with Gasteiger partial charge in [0.2, 0.25) is 0 Å². The van der Waals surface area contributed by atoms with Gasteiger partial charge in [-0.05, 0) is 30.1 Å². The van der Waals surface area contributed by atoms with E-state index >= 15 is 0 Å². The number of rotatable bonds is 5. The maximum atomic E-state index is 8.60. The van der Waals surface area contributed by atoms with Gasteiger partial charge >= 0.3 is 0 Å². The number of nitriles is 1. The number of nitrogens with zero attached hydrogens (tertiary/aromatic N) is 2. The van der Waals surface area contributed by atoms with E-state index in [1.165, 1.54) is 0 Å². The van der Waals surface area contributed by atoms with E-state index in [9.17, 15) is 0 Å². The summed E-state index contributed by atoms with van der Waals surface area (Å²) in [7, 11) is 0. The third-order valence-corrected chi connectivity index (χ3v) is 2.88. The van der Waals surface area contributed by atoms with Gasteiger partial charge in [-0.15, -0.1) is 0 Å². The van der Waals surface area contributed by atoms with Crippen LogP contribution in [0.15, 0.2) is 18.3 Å². The van der Waals surface area contributed by atoms with Crippen LogP contribution in [-0.4, -0.2) is 23.5 Å². The minimum Gasteiger partial charge on any atom is -0.370 e. The molecule has 1 N–H and O–H groups in total. The molecular formula is C11H15N3S. The predicted octanol–water partition coefficient (Wildman–Crippen LogP) is 2.36. The number of hydrogen-bond donors (Lipinski definition) is 1. The molecule has 1 aromatic heterocycles. The molecule has 4 heteroatoms. The zero-order chi connectivity index (χ0) is 11.1. The summed E-state index contributed by atoms with van der Waals surface area (Å²) in [5.74, 6) is 2.60. The average Bonchev–Trinajstić information content (AvgIpc) is 2.27. The molecule has 1 atom stereocenters. The second-order valence-electron chi connectivity index (χ2n) is 3.49. The quantitative estimate of drug-likeness (QED) is 0.829. The van der Waals surface area contributed by atoms with Crippen molar-refractivity contribution in [2.24, 2.45) is 5.92 Å². The van der Waals surface area contributed by atoms with Gasteiger partial charge in [-0.2, -0.15) is 17.0 Å². The second-order valence-corrected chi connectivity index (χ2v) is 4.40. The number of aromatic nitrogens is 1. The molecule has 80 valence electrons. The summed E-state index contributed by atoms with van der Waals surface area (Å²) in [5, 5.41) is 11.9. The molecule has 0 bridgehead atoms. The Morgan fingerprint density at radius 2 is 2.40 bits per heavy atom. The molecule has 15 heavy (non-hydrogen) atoms. The number of thioether (sulfide) groups is 1. The summed E-state index contributed by atoms with van der Waals surface area (Å²) in [6, 6.07) is 5.66. The molecule has 1 rings (SSSR count). The fourth-order valence-electron chi connectivity index (χ4n) is 1.19. The molecule has 0 aliphatic heterocycles. The molecule has 0 spiro atoms. The van der Waals surface area contributed by atoms with Gasteiger partial charge in [-0.3, -0.25) is 0 Å². The standard InChI is InChI=1S/C11H15N3S/c1-9(8-15-2)6-13-11-4-3-10(5-12)7-14-11/h3-4,7,9H,6,8H2,1-2H3,(H,13,14). The smallest absolute Gasteiger partial charge is 0.125 e. The first kappa shape index (κ1) is 11.9. The van der Waals surface area contributed by atoms with Crippen LogP contribution in [0, 0.1) is 17.2 Å². The van der Waals surface area contributed by atoms with Crippen LogP contribution in [0.1, 0.15) is 12.5 Å². The third kappa shape index (κ3) is 4.22. The van der Waals surface area contributed by atoms with E-state index in [1.54, 1.807) is 12.3 Å². The fraction of sp³-hybridized carbons (Fsp3) is 0.455. The van der Waals surface area contributed by atoms with Gasteiger partial charge in [0.25, 0.3) is 0 Å². The van der Waals surface area contributed by atoms with E-state index in [2.05, 4.69) is 23.5 Å². The van der Waals surface area contributed by atoms with Crippen molar-refractivity contribution >= 4 is 17.6 Å². The summed E-state index contributed by atoms with van der Waals surface area (Å²) in [4.78, 5) is 4.14. The van der Waals surface area contributed by atoms with Crippen LogP contribution in [0.3, 0.4) is 0 Å². The molecule has 0 saturated carbocycles. The van der Waals surface area contributed by atoms with Crippen LogP contribution in [0.25, 0.3) is 0 Å². The molecule has 0 saturated heterocycles. The highest BCUT2D eigenvalue weighted by Crippen LogP contribution is 2.08. The Kier molecular flexibility index (Phi) is 4.99. The largest absolute Gasteiger partial charge is 0.370 e. The molecule has 0 fully saturated rings. The first-order valence-electron chi connectivity index (χ1n) is 4.85. The van der Waals surface area contributed by atoms with Crippen LogP contribution in [0.2, 0.25) is 0 Å². The molecule has 0 aromatic carbocycles. The topological polar surface area (TPSA) is 48.7 Å².